The van der Waals surface area contributed by atoms with Crippen molar-refractivity contribution in [3.05, 3.63) is 64.1 Å². The number of benzene rings is 2. The van der Waals surface area contributed by atoms with E-state index in [4.69, 9.17) is 14.5 Å². The molecule has 0 spiro atoms. The number of hydrogen-bond donors (Lipinski definition) is 0. The zero-order chi connectivity index (χ0) is 20.2. The molecule has 1 saturated heterocycles. The largest absolute Gasteiger partial charge is 0.468 e. The first kappa shape index (κ1) is 20.1. The summed E-state index contributed by atoms with van der Waals surface area (Å²) in [5.41, 5.74) is 3.12. The SMILES string of the molecule is COC(=O)CN1C(CN2CCOCC2)=Nc2ccc(Br)cc2[C@@H]1c1ccccc1. The molecule has 0 bridgehead atoms. The van der Waals surface area contributed by atoms with Crippen LogP contribution < -0.4 is 0 Å². The lowest BCUT2D eigenvalue weighted by atomic mass is 9.93. The second kappa shape index (κ2) is 9.07. The highest BCUT2D eigenvalue weighted by Gasteiger charge is 2.33. The Kier molecular flexibility index (Phi) is 6.28. The molecule has 6 nitrogen and oxygen atoms in total. The van der Waals surface area contributed by atoms with Gasteiger partial charge in [-0.1, -0.05) is 46.3 Å². The number of carbonyl (C=O) groups excluding carboxylic acids is 1. The second-order valence-electron chi connectivity index (χ2n) is 7.14. The minimum atomic E-state index is -0.279. The van der Waals surface area contributed by atoms with Crippen molar-refractivity contribution in [2.75, 3.05) is 46.5 Å². The molecular formula is C22H24BrN3O3. The van der Waals surface area contributed by atoms with Crippen LogP contribution in [0.4, 0.5) is 5.69 Å². The molecule has 0 aromatic heterocycles. The number of amidine groups is 1. The normalized spacial score (nSPS) is 19.4. The summed E-state index contributed by atoms with van der Waals surface area (Å²) >= 11 is 3.59. The Morgan fingerprint density at radius 3 is 2.69 bits per heavy atom. The van der Waals surface area contributed by atoms with Gasteiger partial charge in [-0.05, 0) is 23.8 Å². The number of esters is 1. The van der Waals surface area contributed by atoms with E-state index >= 15 is 0 Å². The molecule has 2 aliphatic rings. The molecule has 4 rings (SSSR count). The van der Waals surface area contributed by atoms with Crippen molar-refractivity contribution in [3.8, 4) is 0 Å². The quantitative estimate of drug-likeness (QED) is 0.644. The van der Waals surface area contributed by atoms with Crippen LogP contribution in [0.5, 0.6) is 0 Å². The van der Waals surface area contributed by atoms with Crippen molar-refractivity contribution < 1.29 is 14.3 Å². The molecule has 2 aliphatic heterocycles. The minimum absolute atomic E-state index is 0.114. The van der Waals surface area contributed by atoms with E-state index in [9.17, 15) is 4.79 Å². The van der Waals surface area contributed by atoms with E-state index in [-0.39, 0.29) is 18.6 Å². The van der Waals surface area contributed by atoms with E-state index in [1.165, 1.54) is 7.11 Å². The van der Waals surface area contributed by atoms with E-state index in [0.717, 1.165) is 53.4 Å². The third-order valence-electron chi connectivity index (χ3n) is 5.29. The average Bonchev–Trinajstić information content (AvgIpc) is 2.75. The summed E-state index contributed by atoms with van der Waals surface area (Å²) in [5.74, 6) is 0.597. The Hall–Kier alpha value is -2.22. The second-order valence-corrected chi connectivity index (χ2v) is 8.05. The number of halogens is 1. The third-order valence-corrected chi connectivity index (χ3v) is 5.78. The van der Waals surface area contributed by atoms with Crippen molar-refractivity contribution >= 4 is 33.4 Å². The van der Waals surface area contributed by atoms with Crippen LogP contribution in [0.15, 0.2) is 58.0 Å². The molecule has 0 N–H and O–H groups in total. The fourth-order valence-corrected chi connectivity index (χ4v) is 4.21. The first-order valence-corrected chi connectivity index (χ1v) is 10.5. The predicted octanol–water partition coefficient (Wildman–Crippen LogP) is 3.39. The molecule has 2 aromatic carbocycles. The Morgan fingerprint density at radius 1 is 1.21 bits per heavy atom. The molecule has 1 atom stereocenters. The first-order valence-electron chi connectivity index (χ1n) is 9.71. The predicted molar refractivity (Wildman–Crippen MR) is 116 cm³/mol. The number of ether oxygens (including phenoxy) is 2. The molecule has 0 aliphatic carbocycles. The maximum absolute atomic E-state index is 12.3. The number of rotatable bonds is 5. The summed E-state index contributed by atoms with van der Waals surface area (Å²) < 4.78 is 11.5. The molecule has 7 heteroatoms. The van der Waals surface area contributed by atoms with Crippen LogP contribution in [0.2, 0.25) is 0 Å². The average molecular weight is 458 g/mol. The zero-order valence-electron chi connectivity index (χ0n) is 16.4. The van der Waals surface area contributed by atoms with Crippen LogP contribution in [0.3, 0.4) is 0 Å². The number of methoxy groups -OCH3 is 1. The van der Waals surface area contributed by atoms with E-state index in [1.807, 2.05) is 30.3 Å². The molecule has 0 saturated carbocycles. The lowest BCUT2D eigenvalue weighted by Crippen LogP contribution is -2.48. The number of nitrogens with zero attached hydrogens (tertiary/aromatic N) is 3. The number of morpholine rings is 1. The highest BCUT2D eigenvalue weighted by molar-refractivity contribution is 9.10. The van der Waals surface area contributed by atoms with Gasteiger partial charge < -0.3 is 14.4 Å². The Morgan fingerprint density at radius 2 is 1.97 bits per heavy atom. The van der Waals surface area contributed by atoms with Crippen molar-refractivity contribution in [1.82, 2.24) is 9.80 Å². The van der Waals surface area contributed by atoms with Gasteiger partial charge in [0.25, 0.3) is 0 Å². The third kappa shape index (κ3) is 4.52. The van der Waals surface area contributed by atoms with Crippen LogP contribution in [0.25, 0.3) is 0 Å². The van der Waals surface area contributed by atoms with Crippen LogP contribution in [-0.2, 0) is 14.3 Å². The Balaban J connectivity index is 1.78. The molecule has 1 fully saturated rings. The molecule has 2 aromatic rings. The van der Waals surface area contributed by atoms with Crippen molar-refractivity contribution in [2.24, 2.45) is 4.99 Å². The Bertz CT molecular complexity index is 897. The summed E-state index contributed by atoms with van der Waals surface area (Å²) in [6.45, 7) is 3.96. The first-order chi connectivity index (χ1) is 14.2. The van der Waals surface area contributed by atoms with Crippen LogP contribution in [0.1, 0.15) is 17.2 Å². The number of aliphatic imine (C=N–C) groups is 1. The van der Waals surface area contributed by atoms with Gasteiger partial charge in [0, 0.05) is 23.1 Å². The van der Waals surface area contributed by atoms with E-state index in [2.05, 4.69) is 43.9 Å². The van der Waals surface area contributed by atoms with Gasteiger partial charge in [0.2, 0.25) is 0 Å². The van der Waals surface area contributed by atoms with Crippen molar-refractivity contribution in [2.45, 2.75) is 6.04 Å². The van der Waals surface area contributed by atoms with Crippen LogP contribution in [-0.4, -0.2) is 68.1 Å². The molecule has 2 heterocycles. The molecule has 152 valence electrons. The van der Waals surface area contributed by atoms with Gasteiger partial charge >= 0.3 is 5.97 Å². The topological polar surface area (TPSA) is 54.4 Å². The fourth-order valence-electron chi connectivity index (χ4n) is 3.83. The maximum atomic E-state index is 12.3. The number of fused-ring (bicyclic) bond motifs is 1. The van der Waals surface area contributed by atoms with Gasteiger partial charge in [0.05, 0.1) is 38.6 Å². The molecular weight excluding hydrogens is 434 g/mol. The van der Waals surface area contributed by atoms with Gasteiger partial charge in [-0.25, -0.2) is 4.99 Å². The van der Waals surface area contributed by atoms with Crippen LogP contribution >= 0.6 is 15.9 Å². The van der Waals surface area contributed by atoms with Gasteiger partial charge in [-0.15, -0.1) is 0 Å². The van der Waals surface area contributed by atoms with E-state index in [1.54, 1.807) is 0 Å². The number of carbonyl (C=O) groups is 1. The standard InChI is InChI=1S/C22H24BrN3O3/c1-28-21(27)15-26-20(14-25-9-11-29-12-10-25)24-19-8-7-17(23)13-18(19)22(26)16-5-3-2-4-6-16/h2-8,13,22H,9-12,14-15H2,1H3/t22-/m0/s1. The fraction of sp³-hybridized carbons (Fsp3) is 0.364. The molecule has 0 amide bonds. The van der Waals surface area contributed by atoms with Crippen molar-refractivity contribution in [1.29, 1.82) is 0 Å². The zero-order valence-corrected chi connectivity index (χ0v) is 18.0. The lowest BCUT2D eigenvalue weighted by molar-refractivity contribution is -0.141. The maximum Gasteiger partial charge on any atom is 0.325 e. The van der Waals surface area contributed by atoms with E-state index in [0.29, 0.717) is 6.54 Å². The summed E-state index contributed by atoms with van der Waals surface area (Å²) in [5, 5.41) is 0. The highest BCUT2D eigenvalue weighted by atomic mass is 79.9. The number of hydrogen-bond acceptors (Lipinski definition) is 6. The molecule has 29 heavy (non-hydrogen) atoms. The Labute approximate surface area is 179 Å². The van der Waals surface area contributed by atoms with Gasteiger partial charge in [0.1, 0.15) is 12.4 Å². The minimum Gasteiger partial charge on any atom is -0.468 e. The summed E-state index contributed by atoms with van der Waals surface area (Å²) in [7, 11) is 1.42. The van der Waals surface area contributed by atoms with Gasteiger partial charge in [-0.2, -0.15) is 0 Å². The van der Waals surface area contributed by atoms with Gasteiger partial charge in [0.15, 0.2) is 0 Å². The molecule has 0 unspecified atom stereocenters. The highest BCUT2D eigenvalue weighted by Crippen LogP contribution is 2.40. The lowest BCUT2D eigenvalue weighted by Gasteiger charge is -2.40. The summed E-state index contributed by atoms with van der Waals surface area (Å²) in [6.07, 6.45) is 0. The smallest absolute Gasteiger partial charge is 0.325 e. The van der Waals surface area contributed by atoms with E-state index < -0.39 is 0 Å². The summed E-state index contributed by atoms with van der Waals surface area (Å²) in [4.78, 5) is 21.7. The van der Waals surface area contributed by atoms with Crippen molar-refractivity contribution in [3.63, 3.8) is 0 Å². The summed E-state index contributed by atoms with van der Waals surface area (Å²) in [6, 6.07) is 16.3. The monoisotopic (exact) mass is 457 g/mol. The molecule has 0 radical (unpaired) electrons. The van der Waals surface area contributed by atoms with Gasteiger partial charge in [-0.3, -0.25) is 9.69 Å². The van der Waals surface area contributed by atoms with Crippen LogP contribution in [0, 0.1) is 0 Å².